The molecular weight excluding hydrogens is 203 g/mol. The van der Waals surface area contributed by atoms with E-state index in [2.05, 4.69) is 4.98 Å². The molecule has 0 N–H and O–H groups in total. The van der Waals surface area contributed by atoms with Gasteiger partial charge in [0.25, 0.3) is 0 Å². The fraction of sp³-hybridized carbons (Fsp3) is 0.182. The third kappa shape index (κ3) is 2.26. The Bertz CT molecular complexity index is 471. The minimum Gasteiger partial charge on any atom is -0.256 e. The van der Waals surface area contributed by atoms with Gasteiger partial charge in [0, 0.05) is 11.6 Å². The first-order chi connectivity index (χ1) is 7.06. The molecule has 0 atom stereocenters. The van der Waals surface area contributed by atoms with Crippen LogP contribution in [0, 0.1) is 0 Å². The van der Waals surface area contributed by atoms with E-state index in [4.69, 9.17) is 0 Å². The van der Waals surface area contributed by atoms with Crippen molar-refractivity contribution in [1.29, 1.82) is 0 Å². The van der Waals surface area contributed by atoms with Crippen LogP contribution < -0.4 is 0 Å². The lowest BCUT2D eigenvalue weighted by atomic mass is 10.1. The Kier molecular flexibility index (Phi) is 2.34. The van der Waals surface area contributed by atoms with Gasteiger partial charge in [-0.25, -0.2) is 0 Å². The Morgan fingerprint density at radius 1 is 1.07 bits per heavy atom. The van der Waals surface area contributed by atoms with E-state index >= 15 is 0 Å². The molecule has 0 spiro atoms. The van der Waals surface area contributed by atoms with E-state index in [1.807, 2.05) is 0 Å². The molecule has 0 radical (unpaired) electrons. The fourth-order valence-electron chi connectivity index (χ4n) is 1.54. The van der Waals surface area contributed by atoms with Crippen LogP contribution >= 0.6 is 0 Å². The summed E-state index contributed by atoms with van der Waals surface area (Å²) in [4.78, 5) is 4.00. The van der Waals surface area contributed by atoms with E-state index in [1.165, 1.54) is 6.07 Å². The molecule has 0 aliphatic carbocycles. The number of benzene rings is 1. The summed E-state index contributed by atoms with van der Waals surface area (Å²) in [5.41, 5.74) is 0.868. The third-order valence-electron chi connectivity index (χ3n) is 2.13. The van der Waals surface area contributed by atoms with Crippen molar-refractivity contribution in [2.75, 3.05) is 0 Å². The van der Waals surface area contributed by atoms with Crippen LogP contribution in [0.2, 0.25) is 0 Å². The molecule has 15 heavy (non-hydrogen) atoms. The maximum absolute atomic E-state index is 12.2. The van der Waals surface area contributed by atoms with Crippen LogP contribution in [0.3, 0.4) is 0 Å². The molecule has 0 bridgehead atoms. The minimum atomic E-state index is -4.18. The van der Waals surface area contributed by atoms with Gasteiger partial charge < -0.3 is 0 Å². The minimum absolute atomic E-state index is 0.271. The summed E-state index contributed by atoms with van der Waals surface area (Å²) in [5.74, 6) is 0. The molecule has 4 heteroatoms. The number of nitrogens with zero attached hydrogens (tertiary/aromatic N) is 1. The van der Waals surface area contributed by atoms with Crippen LogP contribution in [0.1, 0.15) is 5.56 Å². The Balaban J connectivity index is 2.52. The van der Waals surface area contributed by atoms with E-state index in [0.29, 0.717) is 10.9 Å². The van der Waals surface area contributed by atoms with Gasteiger partial charge in [-0.05, 0) is 17.7 Å². The van der Waals surface area contributed by atoms with Crippen molar-refractivity contribution in [2.24, 2.45) is 0 Å². The first-order valence-electron chi connectivity index (χ1n) is 4.46. The lowest BCUT2D eigenvalue weighted by Gasteiger charge is -2.08. The lowest BCUT2D eigenvalue weighted by Crippen LogP contribution is -2.11. The number of halogens is 3. The zero-order valence-electron chi connectivity index (χ0n) is 7.75. The highest BCUT2D eigenvalue weighted by Gasteiger charge is 2.28. The predicted molar refractivity (Wildman–Crippen MR) is 51.5 cm³/mol. The Morgan fingerprint density at radius 3 is 2.60 bits per heavy atom. The summed E-state index contributed by atoms with van der Waals surface area (Å²) in [7, 11) is 0. The van der Waals surface area contributed by atoms with Crippen LogP contribution in [0.15, 0.2) is 36.5 Å². The summed E-state index contributed by atoms with van der Waals surface area (Å²) in [6.07, 6.45) is -3.51. The molecule has 2 aromatic rings. The van der Waals surface area contributed by atoms with Crippen LogP contribution in [-0.2, 0) is 6.42 Å². The van der Waals surface area contributed by atoms with Gasteiger partial charge in [-0.2, -0.15) is 13.2 Å². The molecule has 1 aromatic heterocycles. The van der Waals surface area contributed by atoms with Crippen LogP contribution in [0.4, 0.5) is 13.2 Å². The number of rotatable bonds is 1. The van der Waals surface area contributed by atoms with Crippen molar-refractivity contribution < 1.29 is 13.2 Å². The molecule has 0 aliphatic heterocycles. The number of pyridine rings is 1. The van der Waals surface area contributed by atoms with Crippen molar-refractivity contribution >= 4 is 10.9 Å². The van der Waals surface area contributed by atoms with Gasteiger partial charge in [-0.3, -0.25) is 4.98 Å². The maximum Gasteiger partial charge on any atom is 0.393 e. The number of hydrogen-bond acceptors (Lipinski definition) is 1. The smallest absolute Gasteiger partial charge is 0.256 e. The van der Waals surface area contributed by atoms with Gasteiger partial charge in [-0.15, -0.1) is 0 Å². The molecule has 0 unspecified atom stereocenters. The second-order valence-corrected chi connectivity index (χ2v) is 3.28. The molecule has 1 aromatic carbocycles. The first kappa shape index (κ1) is 9.96. The molecule has 0 aliphatic rings. The van der Waals surface area contributed by atoms with E-state index in [9.17, 15) is 13.2 Å². The molecule has 0 fully saturated rings. The summed E-state index contributed by atoms with van der Waals surface area (Å²) in [6, 6.07) is 8.08. The fourth-order valence-corrected chi connectivity index (χ4v) is 1.54. The first-order valence-corrected chi connectivity index (χ1v) is 4.46. The Morgan fingerprint density at radius 2 is 1.87 bits per heavy atom. The number of hydrogen-bond donors (Lipinski definition) is 0. The standard InChI is InChI=1S/C11H8F3N/c12-11(13,14)7-8-3-1-5-10-9(8)4-2-6-15-10/h1-6H,7H2. The molecule has 0 saturated heterocycles. The predicted octanol–water partition coefficient (Wildman–Crippen LogP) is 3.34. The quantitative estimate of drug-likeness (QED) is 0.704. The second kappa shape index (κ2) is 3.53. The van der Waals surface area contributed by atoms with Gasteiger partial charge in [0.1, 0.15) is 0 Å². The van der Waals surface area contributed by atoms with E-state index < -0.39 is 12.6 Å². The monoisotopic (exact) mass is 211 g/mol. The van der Waals surface area contributed by atoms with E-state index in [0.717, 1.165) is 0 Å². The second-order valence-electron chi connectivity index (χ2n) is 3.28. The zero-order valence-corrected chi connectivity index (χ0v) is 7.75. The summed E-state index contributed by atoms with van der Waals surface area (Å²) >= 11 is 0. The highest BCUT2D eigenvalue weighted by Crippen LogP contribution is 2.25. The number of aromatic nitrogens is 1. The van der Waals surface area contributed by atoms with Crippen LogP contribution in [-0.4, -0.2) is 11.2 Å². The highest BCUT2D eigenvalue weighted by molar-refractivity contribution is 5.81. The average Bonchev–Trinajstić information content (AvgIpc) is 2.16. The molecule has 1 heterocycles. The van der Waals surface area contributed by atoms with Crippen LogP contribution in [0.25, 0.3) is 10.9 Å². The van der Waals surface area contributed by atoms with Gasteiger partial charge in [-0.1, -0.05) is 18.2 Å². The van der Waals surface area contributed by atoms with E-state index in [-0.39, 0.29) is 5.56 Å². The number of fused-ring (bicyclic) bond motifs is 1. The largest absolute Gasteiger partial charge is 0.393 e. The van der Waals surface area contributed by atoms with Gasteiger partial charge >= 0.3 is 6.18 Å². The molecule has 1 nitrogen and oxygen atoms in total. The van der Waals surface area contributed by atoms with Crippen molar-refractivity contribution in [2.45, 2.75) is 12.6 Å². The summed E-state index contributed by atoms with van der Waals surface area (Å²) < 4.78 is 36.7. The summed E-state index contributed by atoms with van der Waals surface area (Å²) in [5, 5.41) is 0.567. The maximum atomic E-state index is 12.2. The summed E-state index contributed by atoms with van der Waals surface area (Å²) in [6.45, 7) is 0. The molecule has 78 valence electrons. The molecule has 2 rings (SSSR count). The topological polar surface area (TPSA) is 12.9 Å². The average molecular weight is 211 g/mol. The van der Waals surface area contributed by atoms with Crippen molar-refractivity contribution in [3.63, 3.8) is 0 Å². The van der Waals surface area contributed by atoms with Crippen molar-refractivity contribution in [3.05, 3.63) is 42.1 Å². The van der Waals surface area contributed by atoms with Gasteiger partial charge in [0.2, 0.25) is 0 Å². The molecule has 0 amide bonds. The zero-order chi connectivity index (χ0) is 10.9. The molecule has 0 saturated carbocycles. The lowest BCUT2D eigenvalue weighted by molar-refractivity contribution is -0.126. The number of alkyl halides is 3. The highest BCUT2D eigenvalue weighted by atomic mass is 19.4. The SMILES string of the molecule is FC(F)(F)Cc1cccc2ncccc12. The Hall–Kier alpha value is -1.58. The van der Waals surface area contributed by atoms with E-state index in [1.54, 1.807) is 30.5 Å². The van der Waals surface area contributed by atoms with Crippen LogP contribution in [0.5, 0.6) is 0 Å². The normalized spacial score (nSPS) is 11.9. The molecular formula is C11H8F3N. The van der Waals surface area contributed by atoms with Crippen molar-refractivity contribution in [1.82, 2.24) is 4.98 Å². The van der Waals surface area contributed by atoms with Gasteiger partial charge in [0.05, 0.1) is 11.9 Å². The van der Waals surface area contributed by atoms with Crippen molar-refractivity contribution in [3.8, 4) is 0 Å². The third-order valence-corrected chi connectivity index (χ3v) is 2.13. The van der Waals surface area contributed by atoms with Gasteiger partial charge in [0.15, 0.2) is 0 Å². The Labute approximate surface area is 84.6 Å².